The smallest absolute Gasteiger partial charge is 0.404 e. The van der Waals surface area contributed by atoms with Gasteiger partial charge in [-0.15, -0.1) is 0 Å². The Morgan fingerprint density at radius 2 is 1.90 bits per heavy atom. The van der Waals surface area contributed by atoms with Gasteiger partial charge in [-0.2, -0.15) is 0 Å². The van der Waals surface area contributed by atoms with Crippen LogP contribution in [0, 0.1) is 0 Å². The lowest BCUT2D eigenvalue weighted by Gasteiger charge is -2.22. The van der Waals surface area contributed by atoms with Crippen molar-refractivity contribution in [3.63, 3.8) is 0 Å². The van der Waals surface area contributed by atoms with Crippen LogP contribution in [0.1, 0.15) is 36.8 Å². The van der Waals surface area contributed by atoms with E-state index in [1.165, 1.54) is 6.07 Å². The summed E-state index contributed by atoms with van der Waals surface area (Å²) in [5.74, 6) is 0.601. The summed E-state index contributed by atoms with van der Waals surface area (Å²) in [5.41, 5.74) is 2.99. The van der Waals surface area contributed by atoms with Crippen LogP contribution in [-0.4, -0.2) is 56.2 Å². The van der Waals surface area contributed by atoms with Gasteiger partial charge in [0.15, 0.2) is 9.84 Å². The molecule has 2 aromatic carbocycles. The van der Waals surface area contributed by atoms with E-state index < -0.39 is 21.5 Å². The van der Waals surface area contributed by atoms with Gasteiger partial charge in [-0.25, -0.2) is 13.2 Å². The lowest BCUT2D eigenvalue weighted by molar-refractivity contribution is 0.0173. The van der Waals surface area contributed by atoms with E-state index in [-0.39, 0.29) is 43.1 Å². The van der Waals surface area contributed by atoms with Crippen LogP contribution in [-0.2, 0) is 31.5 Å². The van der Waals surface area contributed by atoms with E-state index in [1.54, 1.807) is 18.3 Å². The van der Waals surface area contributed by atoms with Gasteiger partial charge in [0.1, 0.15) is 5.75 Å². The number of hydrogen-bond acceptors (Lipinski definition) is 7. The van der Waals surface area contributed by atoms with Gasteiger partial charge in [0.2, 0.25) is 0 Å². The molecule has 1 amide bonds. The quantitative estimate of drug-likeness (QED) is 0.247. The third kappa shape index (κ3) is 6.93. The number of pyridine rings is 1. The first-order valence-electron chi connectivity index (χ1n) is 13.2. The summed E-state index contributed by atoms with van der Waals surface area (Å²) in [6.45, 7) is 0.236. The maximum atomic E-state index is 12.9. The zero-order valence-corrected chi connectivity index (χ0v) is 23.4. The van der Waals surface area contributed by atoms with E-state index in [0.717, 1.165) is 48.1 Å². The molecule has 11 heteroatoms. The summed E-state index contributed by atoms with van der Waals surface area (Å²) in [4.78, 5) is 15.0. The second-order valence-corrected chi connectivity index (χ2v) is 12.5. The summed E-state index contributed by atoms with van der Waals surface area (Å²) < 4.78 is 43.7. The number of hydrogen-bond donors (Lipinski definition) is 2. The lowest BCUT2D eigenvalue weighted by atomic mass is 9.96. The van der Waals surface area contributed by atoms with Gasteiger partial charge in [-0.1, -0.05) is 29.8 Å². The van der Waals surface area contributed by atoms with E-state index in [1.807, 2.05) is 36.5 Å². The second-order valence-electron chi connectivity index (χ2n) is 9.93. The topological polar surface area (TPSA) is 124 Å². The van der Waals surface area contributed by atoms with Crippen molar-refractivity contribution < 1.29 is 32.5 Å². The van der Waals surface area contributed by atoms with E-state index in [2.05, 4.69) is 10.3 Å². The summed E-state index contributed by atoms with van der Waals surface area (Å²) in [6.07, 6.45) is 6.46. The van der Waals surface area contributed by atoms with Crippen LogP contribution < -0.4 is 10.1 Å². The van der Waals surface area contributed by atoms with E-state index in [9.17, 15) is 13.2 Å². The monoisotopic (exact) mass is 586 g/mol. The number of amides is 1. The number of ether oxygens (including phenoxy) is 3. The second kappa shape index (κ2) is 12.1. The number of nitrogens with zero attached hydrogens (tertiary/aromatic N) is 1. The molecule has 0 bridgehead atoms. The zero-order valence-electron chi connectivity index (χ0n) is 21.8. The predicted molar refractivity (Wildman–Crippen MR) is 149 cm³/mol. The summed E-state index contributed by atoms with van der Waals surface area (Å²) >= 11 is 6.45. The molecule has 1 heterocycles. The molecule has 5 rings (SSSR count). The molecule has 2 fully saturated rings. The van der Waals surface area contributed by atoms with Gasteiger partial charge in [0.25, 0.3) is 0 Å². The van der Waals surface area contributed by atoms with Crippen LogP contribution in [0.5, 0.6) is 5.75 Å². The van der Waals surface area contributed by atoms with Gasteiger partial charge >= 0.3 is 6.09 Å². The third-order valence-corrected chi connectivity index (χ3v) is 8.96. The number of halogens is 1. The Bertz CT molecular complexity index is 1470. The van der Waals surface area contributed by atoms with Crippen molar-refractivity contribution >= 4 is 27.5 Å². The zero-order chi connectivity index (χ0) is 28.2. The molecule has 40 heavy (non-hydrogen) atoms. The lowest BCUT2D eigenvalue weighted by Crippen LogP contribution is -2.26. The number of benzene rings is 2. The van der Waals surface area contributed by atoms with E-state index in [0.29, 0.717) is 10.6 Å². The number of nitrogens with one attached hydrogen (secondary N) is 1. The maximum absolute atomic E-state index is 12.9. The molecule has 0 radical (unpaired) electrons. The Labute approximate surface area is 238 Å². The average molecular weight is 587 g/mol. The Kier molecular flexibility index (Phi) is 8.60. The molecule has 2 aliphatic carbocycles. The summed E-state index contributed by atoms with van der Waals surface area (Å²) in [6, 6.07) is 14.5. The molecule has 0 spiro atoms. The minimum Gasteiger partial charge on any atom is -0.490 e. The standard InChI is InChI=1S/C29H31ClN2O7S/c30-26-8-7-22(40(35,36)16-15-37-14-13-32-28(33)34)17-20(26)19-38-29(10-11-29)25-18-31-12-9-23(25)24-3-1-2-4-27(24)39-21-5-6-21/h1-4,7-9,12,17-18,21,32H,5-6,10-11,13-16,19H2,(H,33,34). The first kappa shape index (κ1) is 28.4. The van der Waals surface area contributed by atoms with Gasteiger partial charge in [0.05, 0.1) is 42.2 Å². The Morgan fingerprint density at radius 3 is 2.65 bits per heavy atom. The van der Waals surface area contributed by atoms with Crippen molar-refractivity contribution in [2.75, 3.05) is 25.5 Å². The highest BCUT2D eigenvalue weighted by Gasteiger charge is 2.48. The molecule has 0 aliphatic heterocycles. The molecule has 2 saturated carbocycles. The van der Waals surface area contributed by atoms with E-state index in [4.69, 9.17) is 30.9 Å². The molecular weight excluding hydrogens is 556 g/mol. The fraction of sp³-hybridized carbons (Fsp3) is 0.379. The highest BCUT2D eigenvalue weighted by atomic mass is 35.5. The van der Waals surface area contributed by atoms with Crippen molar-refractivity contribution in [3.05, 3.63) is 77.1 Å². The van der Waals surface area contributed by atoms with Crippen LogP contribution in [0.15, 0.2) is 65.8 Å². The first-order valence-corrected chi connectivity index (χ1v) is 15.2. The Hall–Kier alpha value is -3.18. The molecule has 3 aromatic rings. The number of aromatic nitrogens is 1. The van der Waals surface area contributed by atoms with Crippen molar-refractivity contribution in [2.45, 2.75) is 48.9 Å². The minimum absolute atomic E-state index is 0.0586. The normalized spacial score (nSPS) is 15.9. The third-order valence-electron chi connectivity index (χ3n) is 6.91. The van der Waals surface area contributed by atoms with Gasteiger partial charge in [-0.05, 0) is 67.1 Å². The predicted octanol–water partition coefficient (Wildman–Crippen LogP) is 5.21. The van der Waals surface area contributed by atoms with Crippen molar-refractivity contribution in [3.8, 4) is 16.9 Å². The number of carbonyl (C=O) groups is 1. The molecule has 0 unspecified atom stereocenters. The first-order chi connectivity index (χ1) is 19.3. The number of rotatable bonds is 14. The average Bonchev–Trinajstić information content (AvgIpc) is 3.88. The molecule has 2 aliphatic rings. The van der Waals surface area contributed by atoms with Crippen LogP contribution in [0.3, 0.4) is 0 Å². The molecule has 9 nitrogen and oxygen atoms in total. The largest absolute Gasteiger partial charge is 0.490 e. The molecular formula is C29H31ClN2O7S. The molecule has 1 aromatic heterocycles. The molecule has 2 N–H and O–H groups in total. The van der Waals surface area contributed by atoms with Gasteiger partial charge in [0, 0.05) is 35.1 Å². The van der Waals surface area contributed by atoms with Crippen molar-refractivity contribution in [1.82, 2.24) is 10.3 Å². The summed E-state index contributed by atoms with van der Waals surface area (Å²) in [5, 5.41) is 11.2. The Balaban J connectivity index is 1.28. The fourth-order valence-electron chi connectivity index (χ4n) is 4.44. The van der Waals surface area contributed by atoms with Crippen LogP contribution in [0.4, 0.5) is 4.79 Å². The van der Waals surface area contributed by atoms with Gasteiger partial charge in [-0.3, -0.25) is 4.98 Å². The van der Waals surface area contributed by atoms with Crippen molar-refractivity contribution in [1.29, 1.82) is 0 Å². The van der Waals surface area contributed by atoms with Crippen LogP contribution in [0.25, 0.3) is 11.1 Å². The molecule has 212 valence electrons. The SMILES string of the molecule is O=C(O)NCCOCCS(=O)(=O)c1ccc(Cl)c(COC2(c3cnccc3-c3ccccc3OC3CC3)CC2)c1. The number of carboxylic acid groups (broad SMARTS) is 1. The maximum Gasteiger partial charge on any atom is 0.404 e. The fourth-order valence-corrected chi connectivity index (χ4v) is 5.79. The highest BCUT2D eigenvalue weighted by molar-refractivity contribution is 7.91. The number of para-hydroxylation sites is 1. The Morgan fingerprint density at radius 1 is 1.10 bits per heavy atom. The van der Waals surface area contributed by atoms with Crippen molar-refractivity contribution in [2.24, 2.45) is 0 Å². The van der Waals surface area contributed by atoms with Gasteiger partial charge < -0.3 is 24.6 Å². The van der Waals surface area contributed by atoms with Crippen LogP contribution in [0.2, 0.25) is 5.02 Å². The summed E-state index contributed by atoms with van der Waals surface area (Å²) in [7, 11) is -3.65. The minimum atomic E-state index is -3.65. The van der Waals surface area contributed by atoms with Crippen LogP contribution >= 0.6 is 11.6 Å². The number of sulfone groups is 1. The molecule has 0 saturated heterocycles. The molecule has 0 atom stereocenters. The van der Waals surface area contributed by atoms with E-state index >= 15 is 0 Å². The highest BCUT2D eigenvalue weighted by Crippen LogP contribution is 2.53.